The van der Waals surface area contributed by atoms with Crippen molar-refractivity contribution in [1.29, 1.82) is 0 Å². The Bertz CT molecular complexity index is 847. The van der Waals surface area contributed by atoms with Crippen molar-refractivity contribution in [2.45, 2.75) is 25.3 Å². The second-order valence-corrected chi connectivity index (χ2v) is 6.22. The van der Waals surface area contributed by atoms with E-state index in [0.29, 0.717) is 18.7 Å². The summed E-state index contributed by atoms with van der Waals surface area (Å²) in [5, 5.41) is 12.4. The Morgan fingerprint density at radius 1 is 1.19 bits per heavy atom. The zero-order valence-corrected chi connectivity index (χ0v) is 14.2. The van der Waals surface area contributed by atoms with Gasteiger partial charge in [0, 0.05) is 30.8 Å². The first-order valence-corrected chi connectivity index (χ1v) is 8.53. The smallest absolute Gasteiger partial charge is 0.340 e. The number of likely N-dealkylation sites (tertiary alicyclic amines) is 1. The molecule has 0 saturated carbocycles. The molecule has 1 aromatic heterocycles. The van der Waals surface area contributed by atoms with Crippen LogP contribution in [0.1, 0.15) is 40.2 Å². The van der Waals surface area contributed by atoms with Gasteiger partial charge in [0.25, 0.3) is 11.8 Å². The predicted octanol–water partition coefficient (Wildman–Crippen LogP) is 1.77. The molecule has 26 heavy (non-hydrogen) atoms. The van der Waals surface area contributed by atoms with E-state index in [4.69, 9.17) is 4.42 Å². The van der Waals surface area contributed by atoms with Crippen molar-refractivity contribution in [2.24, 2.45) is 0 Å². The molecule has 1 fully saturated rings. The van der Waals surface area contributed by atoms with Crippen molar-refractivity contribution in [1.82, 2.24) is 10.2 Å². The molecule has 0 radical (unpaired) electrons. The molecule has 0 spiro atoms. The molecule has 3 rings (SSSR count). The molecule has 2 N–H and O–H groups in total. The molecule has 7 heteroatoms. The lowest BCUT2D eigenvalue weighted by atomic mass is 10.0. The molecule has 0 aliphatic carbocycles. The molecular formula is C19H20N2O5. The molecule has 2 amide bonds. The summed E-state index contributed by atoms with van der Waals surface area (Å²) in [6, 6.07) is 10.7. The standard InChI is InChI=1S/C19H20N2O5/c22-15-10-16(26-17(23)11-15)19(25)21-9-5-4-8-14(21)12-20-18(24)13-6-2-1-3-7-13/h1-3,6-7,10-11,14,22H,4-5,8-9,12H2,(H,20,24)/t14-/m1/s1. The van der Waals surface area contributed by atoms with Crippen molar-refractivity contribution in [3.8, 4) is 5.75 Å². The minimum Gasteiger partial charge on any atom is -0.508 e. The first-order valence-electron chi connectivity index (χ1n) is 8.53. The number of amides is 2. The molecule has 1 aromatic carbocycles. The lowest BCUT2D eigenvalue weighted by molar-refractivity contribution is 0.0566. The summed E-state index contributed by atoms with van der Waals surface area (Å²) in [6.45, 7) is 0.812. The molecule has 1 atom stereocenters. The van der Waals surface area contributed by atoms with Crippen molar-refractivity contribution in [3.05, 3.63) is 64.2 Å². The van der Waals surface area contributed by atoms with Crippen LogP contribution in [0.5, 0.6) is 5.75 Å². The van der Waals surface area contributed by atoms with Gasteiger partial charge in [-0.25, -0.2) is 4.79 Å². The molecule has 2 aromatic rings. The SMILES string of the molecule is O=C(NC[C@H]1CCCCN1C(=O)c1cc(O)cc(=O)o1)c1ccccc1. The zero-order valence-electron chi connectivity index (χ0n) is 14.2. The average molecular weight is 356 g/mol. The van der Waals surface area contributed by atoms with Gasteiger partial charge in [0.1, 0.15) is 5.75 Å². The summed E-state index contributed by atoms with van der Waals surface area (Å²) >= 11 is 0. The first kappa shape index (κ1) is 17.7. The highest BCUT2D eigenvalue weighted by Gasteiger charge is 2.29. The number of benzene rings is 1. The Morgan fingerprint density at radius 3 is 2.69 bits per heavy atom. The van der Waals surface area contributed by atoms with Gasteiger partial charge in [0.2, 0.25) is 0 Å². The van der Waals surface area contributed by atoms with Crippen LogP contribution in [-0.2, 0) is 0 Å². The van der Waals surface area contributed by atoms with Crippen LogP contribution in [0.4, 0.5) is 0 Å². The zero-order chi connectivity index (χ0) is 18.5. The molecule has 0 unspecified atom stereocenters. The van der Waals surface area contributed by atoms with Gasteiger partial charge in [-0.15, -0.1) is 0 Å². The number of aromatic hydroxyl groups is 1. The van der Waals surface area contributed by atoms with E-state index in [1.807, 2.05) is 6.07 Å². The third-order valence-electron chi connectivity index (χ3n) is 4.39. The van der Waals surface area contributed by atoms with Crippen LogP contribution in [0, 0.1) is 0 Å². The molecule has 0 bridgehead atoms. The highest BCUT2D eigenvalue weighted by Crippen LogP contribution is 2.20. The second-order valence-electron chi connectivity index (χ2n) is 6.22. The summed E-state index contributed by atoms with van der Waals surface area (Å²) in [5.41, 5.74) is -0.223. The Kier molecular flexibility index (Phi) is 5.36. The minimum atomic E-state index is -0.778. The Labute approximate surface area is 150 Å². The third-order valence-corrected chi connectivity index (χ3v) is 4.39. The van der Waals surface area contributed by atoms with Gasteiger partial charge in [-0.1, -0.05) is 18.2 Å². The lowest BCUT2D eigenvalue weighted by Gasteiger charge is -2.35. The van der Waals surface area contributed by atoms with E-state index < -0.39 is 11.5 Å². The van der Waals surface area contributed by atoms with Crippen molar-refractivity contribution < 1.29 is 19.1 Å². The van der Waals surface area contributed by atoms with Gasteiger partial charge in [0.05, 0.1) is 6.07 Å². The van der Waals surface area contributed by atoms with E-state index in [1.165, 1.54) is 0 Å². The fourth-order valence-corrected chi connectivity index (χ4v) is 3.09. The second kappa shape index (κ2) is 7.86. The van der Waals surface area contributed by atoms with Crippen LogP contribution in [0.25, 0.3) is 0 Å². The first-order chi connectivity index (χ1) is 12.5. The Morgan fingerprint density at radius 2 is 1.96 bits per heavy atom. The van der Waals surface area contributed by atoms with E-state index in [0.717, 1.165) is 31.4 Å². The molecule has 1 saturated heterocycles. The van der Waals surface area contributed by atoms with Gasteiger partial charge >= 0.3 is 5.63 Å². The number of rotatable bonds is 4. The maximum Gasteiger partial charge on any atom is 0.340 e. The molecule has 7 nitrogen and oxygen atoms in total. The van der Waals surface area contributed by atoms with Gasteiger partial charge in [-0.2, -0.15) is 0 Å². The van der Waals surface area contributed by atoms with Gasteiger partial charge < -0.3 is 19.7 Å². The molecule has 136 valence electrons. The van der Waals surface area contributed by atoms with Gasteiger partial charge in [-0.3, -0.25) is 9.59 Å². The quantitative estimate of drug-likeness (QED) is 0.870. The van der Waals surface area contributed by atoms with E-state index in [2.05, 4.69) is 5.32 Å². The number of nitrogens with zero attached hydrogens (tertiary/aromatic N) is 1. The van der Waals surface area contributed by atoms with E-state index in [-0.39, 0.29) is 23.5 Å². The number of hydrogen-bond acceptors (Lipinski definition) is 5. The van der Waals surface area contributed by atoms with Gasteiger partial charge in [0.15, 0.2) is 5.76 Å². The number of hydrogen-bond donors (Lipinski definition) is 2. The summed E-state index contributed by atoms with van der Waals surface area (Å²) in [5.74, 6) is -1.17. The van der Waals surface area contributed by atoms with Gasteiger partial charge in [-0.05, 0) is 31.4 Å². The van der Waals surface area contributed by atoms with E-state index in [9.17, 15) is 19.5 Å². The average Bonchev–Trinajstić information content (AvgIpc) is 2.65. The van der Waals surface area contributed by atoms with Crippen molar-refractivity contribution >= 4 is 11.8 Å². The highest BCUT2D eigenvalue weighted by molar-refractivity contribution is 5.94. The fraction of sp³-hybridized carbons (Fsp3) is 0.316. The minimum absolute atomic E-state index is 0.198. The van der Waals surface area contributed by atoms with Crippen LogP contribution in [0.3, 0.4) is 0 Å². The van der Waals surface area contributed by atoms with Crippen LogP contribution in [-0.4, -0.2) is 41.0 Å². The topological polar surface area (TPSA) is 99.9 Å². The maximum atomic E-state index is 12.7. The molecule has 1 aliphatic rings. The monoisotopic (exact) mass is 356 g/mol. The van der Waals surface area contributed by atoms with E-state index in [1.54, 1.807) is 29.2 Å². The molecular weight excluding hydrogens is 336 g/mol. The van der Waals surface area contributed by atoms with Crippen LogP contribution < -0.4 is 10.9 Å². The summed E-state index contributed by atoms with van der Waals surface area (Å²) < 4.78 is 4.92. The van der Waals surface area contributed by atoms with Crippen molar-refractivity contribution in [2.75, 3.05) is 13.1 Å². The third kappa shape index (κ3) is 4.11. The number of carbonyl (C=O) groups excluding carboxylic acids is 2. The molecule has 1 aliphatic heterocycles. The molecule has 2 heterocycles. The lowest BCUT2D eigenvalue weighted by Crippen LogP contribution is -2.49. The highest BCUT2D eigenvalue weighted by atomic mass is 16.4. The number of carbonyl (C=O) groups is 2. The maximum absolute atomic E-state index is 12.7. The van der Waals surface area contributed by atoms with Crippen LogP contribution in [0.15, 0.2) is 51.7 Å². The van der Waals surface area contributed by atoms with Crippen LogP contribution in [0.2, 0.25) is 0 Å². The Hall–Kier alpha value is -3.09. The van der Waals surface area contributed by atoms with Crippen molar-refractivity contribution in [3.63, 3.8) is 0 Å². The Balaban J connectivity index is 1.70. The fourth-order valence-electron chi connectivity index (χ4n) is 3.09. The predicted molar refractivity (Wildman–Crippen MR) is 94.1 cm³/mol. The number of nitrogens with one attached hydrogen (secondary N) is 1. The summed E-state index contributed by atoms with van der Waals surface area (Å²) in [4.78, 5) is 37.9. The summed E-state index contributed by atoms with van der Waals surface area (Å²) in [7, 11) is 0. The van der Waals surface area contributed by atoms with E-state index >= 15 is 0 Å². The number of piperidine rings is 1. The largest absolute Gasteiger partial charge is 0.508 e. The normalized spacial score (nSPS) is 16.9. The van der Waals surface area contributed by atoms with Crippen LogP contribution >= 0.6 is 0 Å². The summed E-state index contributed by atoms with van der Waals surface area (Å²) in [6.07, 6.45) is 2.52.